The number of alkyl halides is 1. The quantitative estimate of drug-likeness (QED) is 0.731. The van der Waals surface area contributed by atoms with Crippen molar-refractivity contribution < 1.29 is 8.42 Å². The van der Waals surface area contributed by atoms with Crippen LogP contribution in [0.3, 0.4) is 0 Å². The van der Waals surface area contributed by atoms with Crippen molar-refractivity contribution in [1.82, 2.24) is 4.72 Å². The van der Waals surface area contributed by atoms with E-state index in [-0.39, 0.29) is 9.23 Å². The third-order valence-electron chi connectivity index (χ3n) is 2.72. The molecule has 0 amide bonds. The van der Waals surface area contributed by atoms with Crippen LogP contribution in [0.2, 0.25) is 8.67 Å². The second kappa shape index (κ2) is 6.41. The Hall–Kier alpha value is 0.670. The standard InChI is InChI=1S/C10H14BrCl2NO2S2/c1-3-10(2,4-5-11)14-18(15,16)7-6-8(12)17-9(7)13/h6,14H,3-5H2,1-2H3. The van der Waals surface area contributed by atoms with Crippen LogP contribution in [0, 0.1) is 0 Å². The summed E-state index contributed by atoms with van der Waals surface area (Å²) < 4.78 is 27.7. The van der Waals surface area contributed by atoms with Gasteiger partial charge in [0.15, 0.2) is 0 Å². The van der Waals surface area contributed by atoms with Gasteiger partial charge < -0.3 is 0 Å². The molecule has 8 heteroatoms. The van der Waals surface area contributed by atoms with E-state index in [0.29, 0.717) is 17.2 Å². The summed E-state index contributed by atoms with van der Waals surface area (Å²) in [6.07, 6.45) is 1.38. The zero-order chi connectivity index (χ0) is 14.0. The molecule has 3 nitrogen and oxygen atoms in total. The summed E-state index contributed by atoms with van der Waals surface area (Å²) in [4.78, 5) is 0.0495. The van der Waals surface area contributed by atoms with E-state index in [1.165, 1.54) is 6.07 Å². The minimum absolute atomic E-state index is 0.0495. The molecular weight excluding hydrogens is 381 g/mol. The molecule has 0 aliphatic rings. The van der Waals surface area contributed by atoms with Gasteiger partial charge in [-0.25, -0.2) is 13.1 Å². The van der Waals surface area contributed by atoms with Gasteiger partial charge in [-0.1, -0.05) is 46.1 Å². The number of hydrogen-bond acceptors (Lipinski definition) is 3. The third-order valence-corrected chi connectivity index (χ3v) is 6.51. The van der Waals surface area contributed by atoms with Gasteiger partial charge in [0, 0.05) is 10.9 Å². The Kier molecular flexibility index (Phi) is 5.96. The molecule has 1 heterocycles. The molecule has 0 radical (unpaired) electrons. The summed E-state index contributed by atoms with van der Waals surface area (Å²) in [6.45, 7) is 3.81. The molecule has 0 aromatic carbocycles. The van der Waals surface area contributed by atoms with Crippen LogP contribution in [0.25, 0.3) is 0 Å². The van der Waals surface area contributed by atoms with E-state index in [4.69, 9.17) is 23.2 Å². The van der Waals surface area contributed by atoms with Crippen LogP contribution in [0.1, 0.15) is 26.7 Å². The monoisotopic (exact) mass is 393 g/mol. The van der Waals surface area contributed by atoms with Crippen molar-refractivity contribution in [3.05, 3.63) is 14.7 Å². The van der Waals surface area contributed by atoms with Crippen molar-refractivity contribution in [3.63, 3.8) is 0 Å². The van der Waals surface area contributed by atoms with Crippen molar-refractivity contribution in [2.24, 2.45) is 0 Å². The van der Waals surface area contributed by atoms with Gasteiger partial charge in [0.2, 0.25) is 10.0 Å². The topological polar surface area (TPSA) is 46.2 Å². The van der Waals surface area contributed by atoms with Gasteiger partial charge in [-0.15, -0.1) is 11.3 Å². The zero-order valence-corrected chi connectivity index (χ0v) is 14.7. The minimum atomic E-state index is -3.64. The van der Waals surface area contributed by atoms with Gasteiger partial charge in [0.1, 0.15) is 9.23 Å². The highest BCUT2D eigenvalue weighted by atomic mass is 79.9. The maximum atomic E-state index is 12.3. The van der Waals surface area contributed by atoms with Crippen LogP contribution < -0.4 is 4.72 Å². The first kappa shape index (κ1) is 16.7. The second-order valence-electron chi connectivity index (χ2n) is 4.15. The van der Waals surface area contributed by atoms with E-state index < -0.39 is 15.6 Å². The first-order valence-electron chi connectivity index (χ1n) is 5.29. The molecule has 0 bridgehead atoms. The summed E-state index contributed by atoms with van der Waals surface area (Å²) in [7, 11) is -3.64. The number of thiophene rings is 1. The van der Waals surface area contributed by atoms with E-state index in [9.17, 15) is 8.42 Å². The van der Waals surface area contributed by atoms with Crippen molar-refractivity contribution in [3.8, 4) is 0 Å². The molecule has 0 spiro atoms. The average molecular weight is 395 g/mol. The maximum absolute atomic E-state index is 12.3. The fourth-order valence-electron chi connectivity index (χ4n) is 1.40. The van der Waals surface area contributed by atoms with E-state index in [0.717, 1.165) is 16.7 Å². The first-order valence-corrected chi connectivity index (χ1v) is 9.46. The highest BCUT2D eigenvalue weighted by Crippen LogP contribution is 2.35. The van der Waals surface area contributed by atoms with Crippen LogP contribution in [-0.2, 0) is 10.0 Å². The molecular formula is C10H14BrCl2NO2S2. The molecule has 1 unspecified atom stereocenters. The molecule has 1 aromatic heterocycles. The summed E-state index contributed by atoms with van der Waals surface area (Å²) in [6, 6.07) is 1.38. The Bertz CT molecular complexity index is 518. The third kappa shape index (κ3) is 4.08. The lowest BCUT2D eigenvalue weighted by molar-refractivity contribution is 0.392. The van der Waals surface area contributed by atoms with E-state index >= 15 is 0 Å². The van der Waals surface area contributed by atoms with Crippen molar-refractivity contribution >= 4 is 60.5 Å². The van der Waals surface area contributed by atoms with Gasteiger partial charge in [-0.3, -0.25) is 0 Å². The normalized spacial score (nSPS) is 15.6. The Morgan fingerprint density at radius 2 is 2.11 bits per heavy atom. The van der Waals surface area contributed by atoms with Crippen LogP contribution in [0.4, 0.5) is 0 Å². The molecule has 1 atom stereocenters. The zero-order valence-electron chi connectivity index (χ0n) is 9.97. The number of halogens is 3. The number of nitrogens with one attached hydrogen (secondary N) is 1. The Morgan fingerprint density at radius 3 is 2.50 bits per heavy atom. The molecule has 1 rings (SSSR count). The molecule has 0 aliphatic carbocycles. The predicted molar refractivity (Wildman–Crippen MR) is 81.8 cm³/mol. The maximum Gasteiger partial charge on any atom is 0.243 e. The highest BCUT2D eigenvalue weighted by molar-refractivity contribution is 9.09. The smallest absolute Gasteiger partial charge is 0.207 e. The summed E-state index contributed by atoms with van der Waals surface area (Å²) in [5.41, 5.74) is -0.500. The van der Waals surface area contributed by atoms with Crippen LogP contribution >= 0.6 is 50.5 Å². The van der Waals surface area contributed by atoms with Gasteiger partial charge in [0.05, 0.1) is 4.34 Å². The van der Waals surface area contributed by atoms with Gasteiger partial charge in [-0.05, 0) is 25.8 Å². The lowest BCUT2D eigenvalue weighted by Gasteiger charge is -2.28. The lowest BCUT2D eigenvalue weighted by Crippen LogP contribution is -2.45. The molecule has 0 saturated carbocycles. The Balaban J connectivity index is 3.05. The van der Waals surface area contributed by atoms with Crippen molar-refractivity contribution in [2.45, 2.75) is 37.1 Å². The molecule has 0 saturated heterocycles. The van der Waals surface area contributed by atoms with Crippen LogP contribution in [-0.4, -0.2) is 19.3 Å². The highest BCUT2D eigenvalue weighted by Gasteiger charge is 2.30. The summed E-state index contributed by atoms with van der Waals surface area (Å²) in [5.74, 6) is 0. The summed E-state index contributed by atoms with van der Waals surface area (Å²) in [5, 5.41) is 0.720. The van der Waals surface area contributed by atoms with Gasteiger partial charge in [0.25, 0.3) is 0 Å². The number of rotatable bonds is 6. The predicted octanol–water partition coefficient (Wildman–Crippen LogP) is 4.29. The Morgan fingerprint density at radius 1 is 1.50 bits per heavy atom. The van der Waals surface area contributed by atoms with Crippen LogP contribution in [0.5, 0.6) is 0 Å². The molecule has 0 aliphatic heterocycles. The fraction of sp³-hybridized carbons (Fsp3) is 0.600. The molecule has 18 heavy (non-hydrogen) atoms. The average Bonchev–Trinajstić information content (AvgIpc) is 2.58. The van der Waals surface area contributed by atoms with Crippen molar-refractivity contribution in [2.75, 3.05) is 5.33 Å². The number of sulfonamides is 1. The Labute approximate surface area is 130 Å². The van der Waals surface area contributed by atoms with E-state index in [2.05, 4.69) is 20.7 Å². The SMILES string of the molecule is CCC(C)(CCBr)NS(=O)(=O)c1cc(Cl)sc1Cl. The second-order valence-corrected chi connectivity index (χ2v) is 8.88. The molecule has 0 fully saturated rings. The largest absolute Gasteiger partial charge is 0.243 e. The number of hydrogen-bond donors (Lipinski definition) is 1. The fourth-order valence-corrected chi connectivity index (χ4v) is 5.93. The lowest BCUT2D eigenvalue weighted by atomic mass is 9.98. The van der Waals surface area contributed by atoms with Gasteiger partial charge >= 0.3 is 0 Å². The molecule has 1 N–H and O–H groups in total. The van der Waals surface area contributed by atoms with E-state index in [1.807, 2.05) is 13.8 Å². The first-order chi connectivity index (χ1) is 8.24. The van der Waals surface area contributed by atoms with E-state index in [1.54, 1.807) is 0 Å². The van der Waals surface area contributed by atoms with Crippen LogP contribution in [0.15, 0.2) is 11.0 Å². The van der Waals surface area contributed by atoms with Gasteiger partial charge in [-0.2, -0.15) is 0 Å². The molecule has 104 valence electrons. The molecule has 1 aromatic rings. The minimum Gasteiger partial charge on any atom is -0.207 e. The van der Waals surface area contributed by atoms with Crippen molar-refractivity contribution in [1.29, 1.82) is 0 Å². The summed E-state index contributed by atoms with van der Waals surface area (Å²) >= 11 is 16.0.